The van der Waals surface area contributed by atoms with Crippen molar-refractivity contribution in [2.45, 2.75) is 32.3 Å². The molecule has 146 valence electrons. The summed E-state index contributed by atoms with van der Waals surface area (Å²) in [6.07, 6.45) is 5.10. The third-order valence-electron chi connectivity index (χ3n) is 5.43. The minimum Gasteiger partial charge on any atom is -0.376 e. The molecule has 0 unspecified atom stereocenters. The summed E-state index contributed by atoms with van der Waals surface area (Å²) < 4.78 is 7.73. The Labute approximate surface area is 165 Å². The Bertz CT molecular complexity index is 962. The van der Waals surface area contributed by atoms with Crippen molar-refractivity contribution in [3.05, 3.63) is 54.2 Å². The Kier molecular flexibility index (Phi) is 5.44. The molecule has 28 heavy (non-hydrogen) atoms. The van der Waals surface area contributed by atoms with E-state index in [1.165, 1.54) is 0 Å². The third-order valence-corrected chi connectivity index (χ3v) is 5.43. The zero-order valence-electron chi connectivity index (χ0n) is 16.6. The minimum absolute atomic E-state index is 0.0964. The van der Waals surface area contributed by atoms with Gasteiger partial charge >= 0.3 is 0 Å². The van der Waals surface area contributed by atoms with E-state index in [0.717, 1.165) is 60.0 Å². The van der Waals surface area contributed by atoms with Crippen LogP contribution in [0.15, 0.2) is 48.7 Å². The largest absolute Gasteiger partial charge is 0.376 e. The van der Waals surface area contributed by atoms with Crippen molar-refractivity contribution in [2.75, 3.05) is 19.7 Å². The number of likely N-dealkylation sites (tertiary alicyclic amines) is 1. The van der Waals surface area contributed by atoms with Gasteiger partial charge in [0.15, 0.2) is 0 Å². The normalized spacial score (nSPS) is 17.2. The molecule has 0 spiro atoms. The van der Waals surface area contributed by atoms with Crippen LogP contribution in [0.4, 0.5) is 0 Å². The number of fused-ring (bicyclic) bond motifs is 1. The van der Waals surface area contributed by atoms with Gasteiger partial charge in [-0.05, 0) is 54.7 Å². The van der Waals surface area contributed by atoms with Crippen LogP contribution in [0.25, 0.3) is 22.0 Å². The van der Waals surface area contributed by atoms with E-state index in [1.807, 2.05) is 47.1 Å². The molecular formula is C23H27N3O2. The van der Waals surface area contributed by atoms with E-state index >= 15 is 0 Å². The summed E-state index contributed by atoms with van der Waals surface area (Å²) >= 11 is 0. The number of ether oxygens (including phenoxy) is 1. The molecule has 5 nitrogen and oxygen atoms in total. The highest BCUT2D eigenvalue weighted by molar-refractivity contribution is 5.95. The van der Waals surface area contributed by atoms with Crippen molar-refractivity contribution in [3.8, 4) is 11.1 Å². The van der Waals surface area contributed by atoms with E-state index in [1.54, 1.807) is 0 Å². The second-order valence-electron chi connectivity index (χ2n) is 7.51. The van der Waals surface area contributed by atoms with Gasteiger partial charge in [0.05, 0.1) is 17.8 Å². The van der Waals surface area contributed by atoms with Gasteiger partial charge in [0, 0.05) is 37.7 Å². The number of hydrogen-bond donors (Lipinski definition) is 0. The highest BCUT2D eigenvalue weighted by Gasteiger charge is 2.24. The van der Waals surface area contributed by atoms with Crippen molar-refractivity contribution in [2.24, 2.45) is 7.05 Å². The molecule has 1 amide bonds. The average Bonchev–Trinajstić information content (AvgIpc) is 3.12. The molecule has 2 heterocycles. The van der Waals surface area contributed by atoms with E-state index in [0.29, 0.717) is 6.54 Å². The number of nitrogens with zero attached hydrogens (tertiary/aromatic N) is 3. The molecule has 0 bridgehead atoms. The summed E-state index contributed by atoms with van der Waals surface area (Å²) in [7, 11) is 1.95. The summed E-state index contributed by atoms with van der Waals surface area (Å²) in [5.41, 5.74) is 4.08. The number of aromatic nitrogens is 2. The molecule has 1 aromatic heterocycles. The van der Waals surface area contributed by atoms with Crippen LogP contribution >= 0.6 is 0 Å². The summed E-state index contributed by atoms with van der Waals surface area (Å²) in [6.45, 7) is 4.38. The molecule has 1 aliphatic heterocycles. The first-order valence-electron chi connectivity index (χ1n) is 10.1. The number of aryl methyl sites for hydroxylation is 1. The van der Waals surface area contributed by atoms with Crippen molar-refractivity contribution < 1.29 is 9.53 Å². The number of rotatable bonds is 5. The predicted molar refractivity (Wildman–Crippen MR) is 111 cm³/mol. The molecule has 0 saturated carbocycles. The van der Waals surface area contributed by atoms with Crippen LogP contribution in [0.1, 0.15) is 36.5 Å². The fourth-order valence-electron chi connectivity index (χ4n) is 3.87. The summed E-state index contributed by atoms with van der Waals surface area (Å²) in [5.74, 6) is 0.0964. The molecule has 4 rings (SSSR count). The summed E-state index contributed by atoms with van der Waals surface area (Å²) in [6, 6.07) is 14.2. The lowest BCUT2D eigenvalue weighted by molar-refractivity contribution is 0.00211. The number of benzene rings is 2. The first kappa shape index (κ1) is 18.7. The predicted octanol–water partition coefficient (Wildman–Crippen LogP) is 4.27. The quantitative estimate of drug-likeness (QED) is 0.667. The Morgan fingerprint density at radius 1 is 1.18 bits per heavy atom. The van der Waals surface area contributed by atoms with Crippen LogP contribution in [0, 0.1) is 0 Å². The van der Waals surface area contributed by atoms with Crippen LogP contribution in [-0.2, 0) is 11.8 Å². The number of amides is 1. The monoisotopic (exact) mass is 377 g/mol. The molecule has 1 saturated heterocycles. The van der Waals surface area contributed by atoms with Crippen LogP contribution in [-0.4, -0.2) is 46.4 Å². The van der Waals surface area contributed by atoms with E-state index in [-0.39, 0.29) is 12.0 Å². The van der Waals surface area contributed by atoms with Crippen LogP contribution < -0.4 is 0 Å². The van der Waals surface area contributed by atoms with Gasteiger partial charge in [0.2, 0.25) is 0 Å². The smallest absolute Gasteiger partial charge is 0.253 e. The minimum atomic E-state index is 0.0964. The molecule has 1 fully saturated rings. The molecule has 1 atom stereocenters. The maximum atomic E-state index is 12.9. The Morgan fingerprint density at radius 2 is 1.96 bits per heavy atom. The second-order valence-corrected chi connectivity index (χ2v) is 7.51. The first-order valence-corrected chi connectivity index (χ1v) is 10.1. The lowest BCUT2D eigenvalue weighted by Gasteiger charge is -2.32. The fraction of sp³-hybridized carbons (Fsp3) is 0.391. The highest BCUT2D eigenvalue weighted by Crippen LogP contribution is 2.25. The number of carbonyl (C=O) groups is 1. The van der Waals surface area contributed by atoms with E-state index in [9.17, 15) is 4.79 Å². The lowest BCUT2D eigenvalue weighted by Crippen LogP contribution is -2.43. The molecule has 0 radical (unpaired) electrons. The first-order chi connectivity index (χ1) is 13.7. The maximum absolute atomic E-state index is 12.9. The lowest BCUT2D eigenvalue weighted by atomic mass is 10.0. The highest BCUT2D eigenvalue weighted by atomic mass is 16.5. The van der Waals surface area contributed by atoms with Crippen LogP contribution in [0.5, 0.6) is 0 Å². The number of piperidine rings is 1. The topological polar surface area (TPSA) is 47.4 Å². The van der Waals surface area contributed by atoms with Gasteiger partial charge in [-0.1, -0.05) is 25.1 Å². The Balaban J connectivity index is 1.48. The maximum Gasteiger partial charge on any atom is 0.253 e. The summed E-state index contributed by atoms with van der Waals surface area (Å²) in [5, 5.41) is 5.42. The SMILES string of the molecule is CCCO[C@@H]1CCCN(C(=O)c2ccc(-c3ccc4c(cnn4C)c3)cc2)C1. The molecule has 3 aromatic rings. The summed E-state index contributed by atoms with van der Waals surface area (Å²) in [4.78, 5) is 14.8. The van der Waals surface area contributed by atoms with Crippen molar-refractivity contribution in [3.63, 3.8) is 0 Å². The Hall–Kier alpha value is -2.66. The van der Waals surface area contributed by atoms with Gasteiger partial charge in [-0.15, -0.1) is 0 Å². The second kappa shape index (κ2) is 8.15. The van der Waals surface area contributed by atoms with Crippen molar-refractivity contribution in [1.82, 2.24) is 14.7 Å². The fourth-order valence-corrected chi connectivity index (χ4v) is 3.87. The van der Waals surface area contributed by atoms with E-state index in [4.69, 9.17) is 4.74 Å². The van der Waals surface area contributed by atoms with Crippen molar-refractivity contribution in [1.29, 1.82) is 0 Å². The molecule has 5 heteroatoms. The van der Waals surface area contributed by atoms with Gasteiger partial charge in [-0.3, -0.25) is 9.48 Å². The van der Waals surface area contributed by atoms with Gasteiger partial charge in [-0.25, -0.2) is 0 Å². The molecule has 0 aliphatic carbocycles. The van der Waals surface area contributed by atoms with Gasteiger partial charge < -0.3 is 9.64 Å². The Morgan fingerprint density at radius 3 is 2.75 bits per heavy atom. The number of carbonyl (C=O) groups excluding carboxylic acids is 1. The van der Waals surface area contributed by atoms with Gasteiger partial charge in [0.1, 0.15) is 0 Å². The van der Waals surface area contributed by atoms with Crippen LogP contribution in [0.3, 0.4) is 0 Å². The van der Waals surface area contributed by atoms with E-state index in [2.05, 4.69) is 30.2 Å². The number of hydrogen-bond acceptors (Lipinski definition) is 3. The van der Waals surface area contributed by atoms with E-state index < -0.39 is 0 Å². The van der Waals surface area contributed by atoms with Crippen molar-refractivity contribution >= 4 is 16.8 Å². The standard InChI is InChI=1S/C23H27N3O2/c1-3-13-28-21-5-4-12-26(16-21)23(27)18-8-6-17(7-9-18)19-10-11-22-20(14-19)15-24-25(22)2/h6-11,14-15,21H,3-5,12-13,16H2,1-2H3/t21-/m1/s1. The molecular weight excluding hydrogens is 350 g/mol. The third kappa shape index (κ3) is 3.80. The van der Waals surface area contributed by atoms with Gasteiger partial charge in [-0.2, -0.15) is 5.10 Å². The zero-order valence-corrected chi connectivity index (χ0v) is 16.6. The molecule has 0 N–H and O–H groups in total. The average molecular weight is 377 g/mol. The van der Waals surface area contributed by atoms with Gasteiger partial charge in [0.25, 0.3) is 5.91 Å². The molecule has 1 aliphatic rings. The molecule has 2 aromatic carbocycles. The zero-order chi connectivity index (χ0) is 19.5. The van der Waals surface area contributed by atoms with Crippen LogP contribution in [0.2, 0.25) is 0 Å².